The second-order valence-electron chi connectivity index (χ2n) is 4.92. The Labute approximate surface area is 124 Å². The molecule has 3 N–H and O–H groups in total. The summed E-state index contributed by atoms with van der Waals surface area (Å²) in [4.78, 5) is 3.94. The van der Waals surface area contributed by atoms with Gasteiger partial charge in [-0.2, -0.15) is 5.10 Å². The zero-order valence-corrected chi connectivity index (χ0v) is 12.9. The predicted octanol–water partition coefficient (Wildman–Crippen LogP) is 0.439. The molecule has 0 radical (unpaired) electrons. The lowest BCUT2D eigenvalue weighted by atomic mass is 10.4. The molecule has 0 bridgehead atoms. The van der Waals surface area contributed by atoms with Crippen molar-refractivity contribution in [1.82, 2.24) is 24.1 Å². The number of aryl methyl sites for hydroxylation is 1. The Morgan fingerprint density at radius 3 is 2.86 bits per heavy atom. The van der Waals surface area contributed by atoms with Crippen LogP contribution in [0.4, 0.5) is 5.82 Å². The molecule has 116 valence electrons. The second-order valence-corrected chi connectivity index (χ2v) is 6.61. The number of hydrogen-bond donors (Lipinski definition) is 2. The average molecular weight is 312 g/mol. The van der Waals surface area contributed by atoms with Crippen molar-refractivity contribution < 1.29 is 8.42 Å². The molecule has 0 spiro atoms. The first-order valence-corrected chi connectivity index (χ1v) is 8.21. The zero-order valence-electron chi connectivity index (χ0n) is 12.1. The number of hydrogen-bond acceptors (Lipinski definition) is 5. The van der Waals surface area contributed by atoms with E-state index in [1.807, 2.05) is 6.92 Å². The molecule has 2 aromatic rings. The van der Waals surface area contributed by atoms with Crippen LogP contribution in [-0.4, -0.2) is 33.8 Å². The van der Waals surface area contributed by atoms with E-state index in [4.69, 9.17) is 5.73 Å². The number of aromatic nitrogens is 4. The smallest absolute Gasteiger partial charge is 0.246 e. The van der Waals surface area contributed by atoms with E-state index >= 15 is 0 Å². The fraction of sp³-hybridized carbons (Fsp3) is 0.500. The number of anilines is 1. The van der Waals surface area contributed by atoms with Crippen molar-refractivity contribution in [2.75, 3.05) is 5.73 Å². The lowest BCUT2D eigenvalue weighted by molar-refractivity contribution is 0.520. The van der Waals surface area contributed by atoms with E-state index in [9.17, 15) is 8.42 Å². The summed E-state index contributed by atoms with van der Waals surface area (Å²) in [5.41, 5.74) is 5.70. The summed E-state index contributed by atoms with van der Waals surface area (Å²) in [7, 11) is -3.68. The Morgan fingerprint density at radius 1 is 1.48 bits per heavy atom. The molecule has 21 heavy (non-hydrogen) atoms. The summed E-state index contributed by atoms with van der Waals surface area (Å²) >= 11 is 0. The van der Waals surface area contributed by atoms with Gasteiger partial charge in [0.15, 0.2) is 5.82 Å². The molecule has 0 aromatic carbocycles. The van der Waals surface area contributed by atoms with Crippen LogP contribution < -0.4 is 10.5 Å². The van der Waals surface area contributed by atoms with E-state index in [-0.39, 0.29) is 16.8 Å². The van der Waals surface area contributed by atoms with Crippen LogP contribution in [0.3, 0.4) is 0 Å². The van der Waals surface area contributed by atoms with Gasteiger partial charge in [-0.1, -0.05) is 6.92 Å². The topological polar surface area (TPSA) is 108 Å². The number of rotatable bonds is 7. The quantitative estimate of drug-likeness (QED) is 0.771. The molecule has 0 aliphatic rings. The molecule has 1 unspecified atom stereocenters. The number of nitrogens with two attached hydrogens (primary N) is 1. The Kier molecular flexibility index (Phi) is 4.63. The van der Waals surface area contributed by atoms with Crippen molar-refractivity contribution in [3.63, 3.8) is 0 Å². The van der Waals surface area contributed by atoms with Crippen molar-refractivity contribution in [3.05, 3.63) is 24.9 Å². The van der Waals surface area contributed by atoms with E-state index < -0.39 is 10.0 Å². The van der Waals surface area contributed by atoms with E-state index in [1.54, 1.807) is 34.9 Å². The van der Waals surface area contributed by atoms with Crippen molar-refractivity contribution in [1.29, 1.82) is 0 Å². The van der Waals surface area contributed by atoms with Crippen LogP contribution in [0.15, 0.2) is 29.8 Å². The fourth-order valence-electron chi connectivity index (χ4n) is 2.05. The van der Waals surface area contributed by atoms with Crippen LogP contribution in [-0.2, 0) is 23.1 Å². The first kappa shape index (κ1) is 15.5. The minimum atomic E-state index is -3.68. The minimum Gasteiger partial charge on any atom is -0.381 e. The third-order valence-corrected chi connectivity index (χ3v) is 4.50. The Morgan fingerprint density at radius 2 is 2.24 bits per heavy atom. The normalized spacial score (nSPS) is 13.4. The summed E-state index contributed by atoms with van der Waals surface area (Å²) in [6.07, 6.45) is 7.38. The maximum Gasteiger partial charge on any atom is 0.246 e. The van der Waals surface area contributed by atoms with Gasteiger partial charge in [-0.25, -0.2) is 18.1 Å². The number of sulfonamides is 1. The Hall–Kier alpha value is -1.87. The third kappa shape index (κ3) is 3.82. The Bertz CT molecular complexity index is 677. The van der Waals surface area contributed by atoms with Crippen LogP contribution in [0.5, 0.6) is 0 Å². The summed E-state index contributed by atoms with van der Waals surface area (Å²) < 4.78 is 30.6. The van der Waals surface area contributed by atoms with Crippen LogP contribution in [0.1, 0.15) is 20.3 Å². The first-order chi connectivity index (χ1) is 9.92. The third-order valence-electron chi connectivity index (χ3n) is 2.90. The van der Waals surface area contributed by atoms with Gasteiger partial charge in [0.25, 0.3) is 0 Å². The molecule has 2 heterocycles. The second kappa shape index (κ2) is 6.27. The van der Waals surface area contributed by atoms with Gasteiger partial charge in [-0.3, -0.25) is 4.68 Å². The molecule has 0 aliphatic heterocycles. The first-order valence-electron chi connectivity index (χ1n) is 6.73. The van der Waals surface area contributed by atoms with Crippen molar-refractivity contribution in [2.24, 2.45) is 0 Å². The number of nitrogen functional groups attached to an aromatic ring is 1. The van der Waals surface area contributed by atoms with Crippen LogP contribution in [0.2, 0.25) is 0 Å². The molecule has 0 saturated heterocycles. The Balaban J connectivity index is 2.10. The van der Waals surface area contributed by atoms with E-state index in [2.05, 4.69) is 14.8 Å². The summed E-state index contributed by atoms with van der Waals surface area (Å²) in [5, 5.41) is 4.01. The largest absolute Gasteiger partial charge is 0.381 e. The molecule has 0 amide bonds. The molecular formula is C12H20N6O2S. The molecule has 9 heteroatoms. The average Bonchev–Trinajstić information content (AvgIpc) is 2.99. The van der Waals surface area contributed by atoms with Crippen molar-refractivity contribution >= 4 is 15.8 Å². The van der Waals surface area contributed by atoms with Crippen LogP contribution in [0.25, 0.3) is 0 Å². The van der Waals surface area contributed by atoms with Gasteiger partial charge >= 0.3 is 0 Å². The standard InChI is InChI=1S/C12H20N6O2S/c1-3-5-18-8-11(12(13)15-18)21(19,20)16-10(2)7-17-6-4-14-9-17/h4,6,8-10,16H,3,5,7H2,1-2H3,(H2,13,15). The van der Waals surface area contributed by atoms with E-state index in [1.165, 1.54) is 6.20 Å². The monoisotopic (exact) mass is 312 g/mol. The number of nitrogens with one attached hydrogen (secondary N) is 1. The zero-order chi connectivity index (χ0) is 15.5. The minimum absolute atomic E-state index is 0.0192. The van der Waals surface area contributed by atoms with Gasteiger partial charge in [0.05, 0.1) is 6.33 Å². The van der Waals surface area contributed by atoms with Gasteiger partial charge in [0, 0.05) is 37.7 Å². The lowest BCUT2D eigenvalue weighted by Crippen LogP contribution is -2.35. The molecule has 0 fully saturated rings. The fourth-order valence-corrected chi connectivity index (χ4v) is 3.35. The van der Waals surface area contributed by atoms with E-state index in [0.717, 1.165) is 6.42 Å². The molecular weight excluding hydrogens is 292 g/mol. The highest BCUT2D eigenvalue weighted by Gasteiger charge is 2.23. The highest BCUT2D eigenvalue weighted by molar-refractivity contribution is 7.89. The highest BCUT2D eigenvalue weighted by Crippen LogP contribution is 2.16. The molecule has 2 rings (SSSR count). The highest BCUT2D eigenvalue weighted by atomic mass is 32.2. The molecule has 8 nitrogen and oxygen atoms in total. The van der Waals surface area contributed by atoms with E-state index in [0.29, 0.717) is 13.1 Å². The molecule has 1 atom stereocenters. The maximum atomic E-state index is 12.3. The molecule has 2 aromatic heterocycles. The van der Waals surface area contributed by atoms with Gasteiger partial charge in [0.1, 0.15) is 4.90 Å². The maximum absolute atomic E-state index is 12.3. The van der Waals surface area contributed by atoms with Gasteiger partial charge < -0.3 is 10.3 Å². The molecule has 0 aliphatic carbocycles. The summed E-state index contributed by atoms with van der Waals surface area (Å²) in [5.74, 6) is 0.0192. The van der Waals surface area contributed by atoms with Gasteiger partial charge in [0.2, 0.25) is 10.0 Å². The van der Waals surface area contributed by atoms with Crippen molar-refractivity contribution in [2.45, 2.75) is 44.3 Å². The SMILES string of the molecule is CCCn1cc(S(=O)(=O)NC(C)Cn2ccnc2)c(N)n1. The van der Waals surface area contributed by atoms with Crippen LogP contribution in [0, 0.1) is 0 Å². The summed E-state index contributed by atoms with van der Waals surface area (Å²) in [6.45, 7) is 4.88. The summed E-state index contributed by atoms with van der Waals surface area (Å²) in [6, 6.07) is -0.293. The lowest BCUT2D eigenvalue weighted by Gasteiger charge is -2.14. The predicted molar refractivity (Wildman–Crippen MR) is 78.9 cm³/mol. The van der Waals surface area contributed by atoms with Crippen molar-refractivity contribution in [3.8, 4) is 0 Å². The molecule has 0 saturated carbocycles. The van der Waals surface area contributed by atoms with Crippen LogP contribution >= 0.6 is 0 Å². The number of nitrogens with zero attached hydrogens (tertiary/aromatic N) is 4. The van der Waals surface area contributed by atoms with Gasteiger partial charge in [-0.15, -0.1) is 0 Å². The number of imidazole rings is 1. The van der Waals surface area contributed by atoms with Gasteiger partial charge in [-0.05, 0) is 13.3 Å².